The minimum absolute atomic E-state index is 0.187. The first kappa shape index (κ1) is 25.7. The molecule has 0 fully saturated rings. The van der Waals surface area contributed by atoms with Crippen LogP contribution in [0.4, 0.5) is 11.6 Å². The van der Waals surface area contributed by atoms with Crippen LogP contribution in [0.2, 0.25) is 0 Å². The number of aromatic nitrogens is 3. The molecule has 8 heteroatoms. The first-order valence-corrected chi connectivity index (χ1v) is 12.9. The fourth-order valence-corrected chi connectivity index (χ4v) is 5.28. The average molecular weight is 514 g/mol. The highest BCUT2D eigenvalue weighted by Gasteiger charge is 2.30. The van der Waals surface area contributed by atoms with Gasteiger partial charge < -0.3 is 23.8 Å². The number of nitrogens with zero attached hydrogens (tertiary/aromatic N) is 5. The molecule has 0 bridgehead atoms. The summed E-state index contributed by atoms with van der Waals surface area (Å²) in [6, 6.07) is 10.7. The third kappa shape index (κ3) is 4.72. The molecular weight excluding hydrogens is 478 g/mol. The quantitative estimate of drug-likeness (QED) is 0.313. The summed E-state index contributed by atoms with van der Waals surface area (Å²) in [5.41, 5.74) is 8.74. The fraction of sp³-hybridized carbons (Fsp3) is 0.367. The Balaban J connectivity index is 1.66. The zero-order valence-electron chi connectivity index (χ0n) is 23.0. The van der Waals surface area contributed by atoms with E-state index < -0.39 is 0 Å². The molecule has 2 aromatic carbocycles. The maximum atomic E-state index is 12.6. The van der Waals surface area contributed by atoms with Crippen molar-refractivity contribution in [3.8, 4) is 16.9 Å². The van der Waals surface area contributed by atoms with E-state index in [1.807, 2.05) is 14.1 Å². The molecule has 0 radical (unpaired) electrons. The second kappa shape index (κ2) is 10.5. The second-order valence-corrected chi connectivity index (χ2v) is 10.2. The van der Waals surface area contributed by atoms with Crippen molar-refractivity contribution in [2.75, 3.05) is 45.8 Å². The average Bonchev–Trinajstić information content (AvgIpc) is 3.24. The lowest BCUT2D eigenvalue weighted by Crippen LogP contribution is -2.30. The van der Waals surface area contributed by atoms with Gasteiger partial charge in [0.05, 0.1) is 37.1 Å². The maximum Gasteiger partial charge on any atom is 0.310 e. The summed E-state index contributed by atoms with van der Waals surface area (Å²) in [5, 5.41) is 1.12. The minimum Gasteiger partial charge on any atom is -0.489 e. The Morgan fingerprint density at radius 3 is 2.42 bits per heavy atom. The smallest absolute Gasteiger partial charge is 0.310 e. The Labute approximate surface area is 223 Å². The van der Waals surface area contributed by atoms with Crippen LogP contribution < -0.4 is 9.64 Å². The number of carbonyl (C=O) groups excluding carboxylic acids is 1. The van der Waals surface area contributed by atoms with Crippen molar-refractivity contribution in [2.24, 2.45) is 0 Å². The van der Waals surface area contributed by atoms with Crippen LogP contribution in [-0.4, -0.2) is 66.3 Å². The van der Waals surface area contributed by atoms with Crippen LogP contribution in [0.25, 0.3) is 22.0 Å². The Bertz CT molecular complexity index is 1470. The lowest BCUT2D eigenvalue weighted by atomic mass is 9.88. The SMILES string of the molecule is COC(=O)Cc1c(C)c2c3c(cc(C)n3CCN2c2ncc(OCCN(C)C)cn2)c1-c1ccc(C)cc1. The number of carbonyl (C=O) groups is 1. The van der Waals surface area contributed by atoms with Crippen molar-refractivity contribution < 1.29 is 14.3 Å². The Morgan fingerprint density at radius 1 is 1.05 bits per heavy atom. The van der Waals surface area contributed by atoms with Crippen molar-refractivity contribution in [1.82, 2.24) is 19.4 Å². The molecule has 1 aliphatic heterocycles. The van der Waals surface area contributed by atoms with Crippen LogP contribution >= 0.6 is 0 Å². The molecule has 0 saturated heterocycles. The Hall–Kier alpha value is -3.91. The highest BCUT2D eigenvalue weighted by atomic mass is 16.5. The summed E-state index contributed by atoms with van der Waals surface area (Å²) in [7, 11) is 5.46. The summed E-state index contributed by atoms with van der Waals surface area (Å²) in [6.45, 7) is 9.24. The molecule has 0 spiro atoms. The van der Waals surface area contributed by atoms with Gasteiger partial charge in [-0.15, -0.1) is 0 Å². The largest absolute Gasteiger partial charge is 0.489 e. The van der Waals surface area contributed by atoms with Crippen LogP contribution in [0, 0.1) is 20.8 Å². The molecule has 0 aliphatic carbocycles. The predicted molar refractivity (Wildman–Crippen MR) is 150 cm³/mol. The molecule has 5 rings (SSSR count). The van der Waals surface area contributed by atoms with Gasteiger partial charge in [0.2, 0.25) is 5.95 Å². The van der Waals surface area contributed by atoms with Gasteiger partial charge in [-0.2, -0.15) is 0 Å². The van der Waals surface area contributed by atoms with E-state index >= 15 is 0 Å². The van der Waals surface area contributed by atoms with Crippen LogP contribution in [0.1, 0.15) is 22.4 Å². The molecule has 2 aromatic heterocycles. The highest BCUT2D eigenvalue weighted by Crippen LogP contribution is 2.46. The van der Waals surface area contributed by atoms with Gasteiger partial charge in [0.1, 0.15) is 6.61 Å². The number of hydrogen-bond acceptors (Lipinski definition) is 7. The number of likely N-dealkylation sites (N-methyl/N-ethyl adjacent to an activating group) is 1. The zero-order chi connectivity index (χ0) is 27.0. The number of benzene rings is 2. The van der Waals surface area contributed by atoms with Crippen LogP contribution in [0.15, 0.2) is 42.7 Å². The third-order valence-corrected chi connectivity index (χ3v) is 7.28. The van der Waals surface area contributed by atoms with E-state index in [-0.39, 0.29) is 12.4 Å². The summed E-state index contributed by atoms with van der Waals surface area (Å²) in [5.74, 6) is 1.00. The third-order valence-electron chi connectivity index (χ3n) is 7.28. The Kier molecular flexibility index (Phi) is 7.08. The van der Waals surface area contributed by atoms with E-state index in [1.165, 1.54) is 18.4 Å². The number of hydrogen-bond donors (Lipinski definition) is 0. The van der Waals surface area contributed by atoms with Gasteiger partial charge in [-0.1, -0.05) is 29.8 Å². The first-order chi connectivity index (χ1) is 18.3. The normalized spacial score (nSPS) is 12.9. The standard InChI is InChI=1S/C30H35N5O3/c1-19-7-9-22(10-8-19)27-24(16-26(36)37-6)21(3)28-29-25(27)15-20(2)34(29)11-12-35(28)30-31-17-23(18-32-30)38-14-13-33(4)5/h7-10,15,17-18H,11-14,16H2,1-6H3. The van der Waals surface area contributed by atoms with Crippen LogP contribution in [0.3, 0.4) is 0 Å². The van der Waals surface area contributed by atoms with Crippen molar-refractivity contribution in [3.05, 3.63) is 65.1 Å². The summed E-state index contributed by atoms with van der Waals surface area (Å²) in [4.78, 5) is 26.2. The predicted octanol–water partition coefficient (Wildman–Crippen LogP) is 4.83. The molecule has 4 aromatic rings. The molecule has 0 saturated carbocycles. The second-order valence-electron chi connectivity index (χ2n) is 10.2. The van der Waals surface area contributed by atoms with Gasteiger partial charge in [0, 0.05) is 30.7 Å². The maximum absolute atomic E-state index is 12.6. The van der Waals surface area contributed by atoms with E-state index in [9.17, 15) is 4.79 Å². The molecule has 0 atom stereocenters. The van der Waals surface area contributed by atoms with Gasteiger partial charge in [-0.05, 0) is 63.2 Å². The van der Waals surface area contributed by atoms with Crippen molar-refractivity contribution in [1.29, 1.82) is 0 Å². The lowest BCUT2D eigenvalue weighted by molar-refractivity contribution is -0.139. The summed E-state index contributed by atoms with van der Waals surface area (Å²) in [6.07, 6.45) is 3.66. The van der Waals surface area contributed by atoms with Gasteiger partial charge in [0.15, 0.2) is 5.75 Å². The number of anilines is 2. The molecule has 38 heavy (non-hydrogen) atoms. The van der Waals surface area contributed by atoms with E-state index in [0.29, 0.717) is 18.3 Å². The van der Waals surface area contributed by atoms with E-state index in [1.54, 1.807) is 12.4 Å². The number of rotatable bonds is 8. The highest BCUT2D eigenvalue weighted by molar-refractivity contribution is 6.08. The van der Waals surface area contributed by atoms with E-state index in [0.717, 1.165) is 58.5 Å². The molecule has 0 N–H and O–H groups in total. The molecule has 3 heterocycles. The number of esters is 1. The van der Waals surface area contributed by atoms with Gasteiger partial charge in [-0.25, -0.2) is 9.97 Å². The van der Waals surface area contributed by atoms with E-state index in [4.69, 9.17) is 9.47 Å². The van der Waals surface area contributed by atoms with Gasteiger partial charge in [-0.3, -0.25) is 4.79 Å². The summed E-state index contributed by atoms with van der Waals surface area (Å²) < 4.78 is 13.3. The fourth-order valence-electron chi connectivity index (χ4n) is 5.28. The monoisotopic (exact) mass is 513 g/mol. The zero-order valence-corrected chi connectivity index (χ0v) is 23.0. The van der Waals surface area contributed by atoms with Crippen molar-refractivity contribution in [3.63, 3.8) is 0 Å². The molecule has 0 unspecified atom stereocenters. The van der Waals surface area contributed by atoms with Crippen molar-refractivity contribution >= 4 is 28.5 Å². The molecular formula is C30H35N5O3. The van der Waals surface area contributed by atoms with Crippen LogP contribution in [0.5, 0.6) is 5.75 Å². The topological polar surface area (TPSA) is 72.7 Å². The first-order valence-electron chi connectivity index (χ1n) is 12.9. The molecule has 0 amide bonds. The van der Waals surface area contributed by atoms with Gasteiger partial charge >= 0.3 is 5.97 Å². The summed E-state index contributed by atoms with van der Waals surface area (Å²) >= 11 is 0. The number of methoxy groups -OCH3 is 1. The van der Waals surface area contributed by atoms with Gasteiger partial charge in [0.25, 0.3) is 0 Å². The Morgan fingerprint density at radius 2 is 1.76 bits per heavy atom. The molecule has 1 aliphatic rings. The number of aryl methyl sites for hydroxylation is 2. The minimum atomic E-state index is -0.262. The molecule has 8 nitrogen and oxygen atoms in total. The molecule has 198 valence electrons. The van der Waals surface area contributed by atoms with E-state index in [2.05, 4.69) is 75.4 Å². The lowest BCUT2D eigenvalue weighted by Gasteiger charge is -2.33. The van der Waals surface area contributed by atoms with Crippen LogP contribution in [-0.2, 0) is 22.5 Å². The van der Waals surface area contributed by atoms with Crippen molar-refractivity contribution in [2.45, 2.75) is 33.7 Å². The number of ether oxygens (including phenoxy) is 2.